The van der Waals surface area contributed by atoms with Crippen LogP contribution in [0.1, 0.15) is 28.2 Å². The topological polar surface area (TPSA) is 144 Å². The Labute approximate surface area is 178 Å². The number of aryl methyl sites for hydroxylation is 1. The summed E-state index contributed by atoms with van der Waals surface area (Å²) >= 11 is 0.973. The molecule has 31 heavy (non-hydrogen) atoms. The van der Waals surface area contributed by atoms with Gasteiger partial charge >= 0.3 is 18.4 Å². The lowest BCUT2D eigenvalue weighted by atomic mass is 10.1. The number of carbonyl (C=O) groups is 3. The number of ether oxygens (including phenoxy) is 1. The molecule has 1 aromatic heterocycles. The first-order valence-electron chi connectivity index (χ1n) is 8.87. The van der Waals surface area contributed by atoms with Gasteiger partial charge in [-0.1, -0.05) is 0 Å². The number of carboxylic acid groups (broad SMARTS) is 1. The van der Waals surface area contributed by atoms with Crippen molar-refractivity contribution in [1.82, 2.24) is 15.6 Å². The SMILES string of the molecule is Cc1nc(-c2ccc(OC(F)(F)F)cc2)sc1C(=O)N[C@@H](CCCNC(N)=O)C(=O)O. The molecule has 5 N–H and O–H groups in total. The minimum Gasteiger partial charge on any atom is -0.480 e. The fourth-order valence-electron chi connectivity index (χ4n) is 2.53. The number of aliphatic carboxylic acids is 1. The number of primary amides is 1. The summed E-state index contributed by atoms with van der Waals surface area (Å²) in [5.41, 5.74) is 5.74. The Kier molecular flexibility index (Phi) is 7.80. The van der Waals surface area contributed by atoms with Crippen molar-refractivity contribution < 1.29 is 37.4 Å². The number of alkyl halides is 3. The van der Waals surface area contributed by atoms with Crippen molar-refractivity contribution in [1.29, 1.82) is 0 Å². The summed E-state index contributed by atoms with van der Waals surface area (Å²) in [5.74, 6) is -2.28. The Morgan fingerprint density at radius 2 is 1.90 bits per heavy atom. The molecule has 1 heterocycles. The van der Waals surface area contributed by atoms with Crippen LogP contribution in [-0.2, 0) is 4.79 Å². The number of urea groups is 1. The van der Waals surface area contributed by atoms with E-state index in [0.717, 1.165) is 23.5 Å². The first-order valence-corrected chi connectivity index (χ1v) is 9.68. The normalized spacial score (nSPS) is 12.1. The van der Waals surface area contributed by atoms with E-state index in [1.165, 1.54) is 12.1 Å². The van der Waals surface area contributed by atoms with Gasteiger partial charge in [0.05, 0.1) is 5.69 Å². The highest BCUT2D eigenvalue weighted by atomic mass is 32.1. The third kappa shape index (κ3) is 7.44. The van der Waals surface area contributed by atoms with Crippen molar-refractivity contribution in [2.45, 2.75) is 32.2 Å². The summed E-state index contributed by atoms with van der Waals surface area (Å²) in [6.07, 6.45) is -4.46. The molecule has 0 aliphatic heterocycles. The van der Waals surface area contributed by atoms with Crippen LogP contribution in [-0.4, -0.2) is 46.9 Å². The number of carbonyl (C=O) groups excluding carboxylic acids is 2. The number of thiazole rings is 1. The number of aromatic nitrogens is 1. The van der Waals surface area contributed by atoms with Gasteiger partial charge in [0.25, 0.3) is 5.91 Å². The van der Waals surface area contributed by atoms with Crippen LogP contribution in [0.15, 0.2) is 24.3 Å². The number of nitrogens with two attached hydrogens (primary N) is 1. The first-order chi connectivity index (χ1) is 14.5. The van der Waals surface area contributed by atoms with E-state index in [9.17, 15) is 32.7 Å². The van der Waals surface area contributed by atoms with Crippen LogP contribution in [0.3, 0.4) is 0 Å². The van der Waals surface area contributed by atoms with E-state index >= 15 is 0 Å². The second kappa shape index (κ2) is 10.1. The Morgan fingerprint density at radius 3 is 2.45 bits per heavy atom. The van der Waals surface area contributed by atoms with Gasteiger partial charge in [-0.2, -0.15) is 0 Å². The minimum atomic E-state index is -4.80. The van der Waals surface area contributed by atoms with Gasteiger partial charge in [0.15, 0.2) is 0 Å². The van der Waals surface area contributed by atoms with Gasteiger partial charge in [-0.15, -0.1) is 24.5 Å². The van der Waals surface area contributed by atoms with Gasteiger partial charge in [-0.25, -0.2) is 14.6 Å². The molecular weight excluding hydrogens is 441 g/mol. The lowest BCUT2D eigenvalue weighted by molar-refractivity contribution is -0.274. The second-order valence-corrected chi connectivity index (χ2v) is 7.30. The van der Waals surface area contributed by atoms with E-state index in [-0.39, 0.29) is 24.3 Å². The van der Waals surface area contributed by atoms with Gasteiger partial charge in [0.2, 0.25) is 0 Å². The molecular formula is C18H19F3N4O5S. The van der Waals surface area contributed by atoms with E-state index in [1.54, 1.807) is 6.92 Å². The summed E-state index contributed by atoms with van der Waals surface area (Å²) in [5, 5.41) is 14.4. The molecule has 1 atom stereocenters. The van der Waals surface area contributed by atoms with Gasteiger partial charge < -0.3 is 26.2 Å². The lowest BCUT2D eigenvalue weighted by Gasteiger charge is -2.14. The van der Waals surface area contributed by atoms with Crippen molar-refractivity contribution in [3.63, 3.8) is 0 Å². The predicted molar refractivity (Wildman–Crippen MR) is 105 cm³/mol. The molecule has 0 fully saturated rings. The first kappa shape index (κ1) is 23.9. The largest absolute Gasteiger partial charge is 0.573 e. The summed E-state index contributed by atoms with van der Waals surface area (Å²) in [4.78, 5) is 39.0. The van der Waals surface area contributed by atoms with Crippen LogP contribution in [0, 0.1) is 6.92 Å². The zero-order valence-electron chi connectivity index (χ0n) is 16.2. The van der Waals surface area contributed by atoms with Crippen molar-refractivity contribution in [2.24, 2.45) is 5.73 Å². The molecule has 9 nitrogen and oxygen atoms in total. The minimum absolute atomic E-state index is 0.0622. The maximum Gasteiger partial charge on any atom is 0.573 e. The van der Waals surface area contributed by atoms with E-state index < -0.39 is 36.1 Å². The van der Waals surface area contributed by atoms with Crippen LogP contribution in [0.2, 0.25) is 0 Å². The molecule has 0 bridgehead atoms. The zero-order valence-corrected chi connectivity index (χ0v) is 17.0. The summed E-state index contributed by atoms with van der Waals surface area (Å²) in [6.45, 7) is 1.72. The highest BCUT2D eigenvalue weighted by molar-refractivity contribution is 7.17. The number of nitrogens with zero attached hydrogens (tertiary/aromatic N) is 1. The van der Waals surface area contributed by atoms with E-state index in [0.29, 0.717) is 16.3 Å². The molecule has 0 radical (unpaired) electrons. The van der Waals surface area contributed by atoms with Crippen LogP contribution in [0.4, 0.5) is 18.0 Å². The third-order valence-electron chi connectivity index (χ3n) is 3.91. The molecule has 0 aliphatic carbocycles. The Morgan fingerprint density at radius 1 is 1.26 bits per heavy atom. The summed E-state index contributed by atoms with van der Waals surface area (Å²) in [6, 6.07) is 3.06. The van der Waals surface area contributed by atoms with Gasteiger partial charge in [-0.3, -0.25) is 4.79 Å². The molecule has 0 saturated heterocycles. The number of carboxylic acids is 1. The number of nitrogens with one attached hydrogen (secondary N) is 2. The quantitative estimate of drug-likeness (QED) is 0.424. The maximum absolute atomic E-state index is 12.5. The zero-order chi connectivity index (χ0) is 23.2. The average molecular weight is 460 g/mol. The molecule has 13 heteroatoms. The molecule has 3 amide bonds. The predicted octanol–water partition coefficient (Wildman–Crippen LogP) is 2.65. The molecule has 0 saturated carbocycles. The van der Waals surface area contributed by atoms with Crippen LogP contribution >= 0.6 is 11.3 Å². The number of halogens is 3. The highest BCUT2D eigenvalue weighted by Crippen LogP contribution is 2.30. The second-order valence-electron chi connectivity index (χ2n) is 6.30. The Bertz CT molecular complexity index is 947. The molecule has 0 spiro atoms. The van der Waals surface area contributed by atoms with Crippen molar-refractivity contribution >= 4 is 29.2 Å². The van der Waals surface area contributed by atoms with E-state index in [1.807, 2.05) is 0 Å². The molecule has 1 aromatic carbocycles. The lowest BCUT2D eigenvalue weighted by Crippen LogP contribution is -2.41. The Balaban J connectivity index is 2.07. The molecule has 2 aromatic rings. The monoisotopic (exact) mass is 460 g/mol. The number of benzene rings is 1. The van der Waals surface area contributed by atoms with E-state index in [4.69, 9.17) is 5.73 Å². The summed E-state index contributed by atoms with van der Waals surface area (Å²) < 4.78 is 40.6. The molecule has 0 unspecified atom stereocenters. The number of amides is 3. The smallest absolute Gasteiger partial charge is 0.480 e. The highest BCUT2D eigenvalue weighted by Gasteiger charge is 2.31. The van der Waals surface area contributed by atoms with Crippen molar-refractivity contribution in [3.05, 3.63) is 34.8 Å². The van der Waals surface area contributed by atoms with Crippen molar-refractivity contribution in [2.75, 3.05) is 6.54 Å². The number of rotatable bonds is 9. The van der Waals surface area contributed by atoms with Gasteiger partial charge in [0, 0.05) is 12.1 Å². The maximum atomic E-state index is 12.5. The summed E-state index contributed by atoms with van der Waals surface area (Å²) in [7, 11) is 0. The van der Waals surface area contributed by atoms with Crippen LogP contribution in [0.25, 0.3) is 10.6 Å². The van der Waals surface area contributed by atoms with Gasteiger partial charge in [0.1, 0.15) is 21.7 Å². The van der Waals surface area contributed by atoms with Crippen LogP contribution < -0.4 is 21.1 Å². The standard InChI is InChI=1S/C18H19F3N4O5S/c1-9-13(14(26)25-12(16(27)28)3-2-8-23-17(22)29)31-15(24-9)10-4-6-11(7-5-10)30-18(19,20)21/h4-7,12H,2-3,8H2,1H3,(H,25,26)(H,27,28)(H3,22,23,29)/t12-/m0/s1. The third-order valence-corrected chi connectivity index (χ3v) is 5.12. The fourth-order valence-corrected chi connectivity index (χ4v) is 3.50. The molecule has 2 rings (SSSR count). The van der Waals surface area contributed by atoms with Gasteiger partial charge in [-0.05, 0) is 44.0 Å². The average Bonchev–Trinajstić information content (AvgIpc) is 3.04. The Hall–Kier alpha value is -3.35. The number of hydrogen-bond donors (Lipinski definition) is 4. The molecule has 0 aliphatic rings. The fraction of sp³-hybridized carbons (Fsp3) is 0.333. The van der Waals surface area contributed by atoms with E-state index in [2.05, 4.69) is 20.4 Å². The number of hydrogen-bond acceptors (Lipinski definition) is 6. The molecule has 168 valence electrons. The van der Waals surface area contributed by atoms with Crippen molar-refractivity contribution in [3.8, 4) is 16.3 Å². The van der Waals surface area contributed by atoms with Crippen LogP contribution in [0.5, 0.6) is 5.75 Å².